The minimum absolute atomic E-state index is 0.0639. The smallest absolute Gasteiger partial charge is 0.226 e. The number of aromatic nitrogens is 2. The van der Waals surface area contributed by atoms with Crippen LogP contribution in [0, 0.1) is 0 Å². The molecule has 0 atom stereocenters. The topological polar surface area (TPSA) is 54.9 Å². The second-order valence-corrected chi connectivity index (χ2v) is 8.46. The summed E-state index contributed by atoms with van der Waals surface area (Å²) in [5.74, 6) is 0.638. The fraction of sp³-hybridized carbons (Fsp3) is 0.167. The molecule has 1 N–H and O–H groups in total. The van der Waals surface area contributed by atoms with E-state index in [-0.39, 0.29) is 5.91 Å². The first-order valence-electron chi connectivity index (χ1n) is 7.84. The summed E-state index contributed by atoms with van der Waals surface area (Å²) in [4.78, 5) is 12.0. The van der Waals surface area contributed by atoms with Gasteiger partial charge in [-0.3, -0.25) is 4.79 Å². The predicted octanol–water partition coefficient (Wildman–Crippen LogP) is 5.71. The third-order valence-corrected chi connectivity index (χ3v) is 6.26. The summed E-state index contributed by atoms with van der Waals surface area (Å²) in [5, 5.41) is 12.5. The van der Waals surface area contributed by atoms with Crippen LogP contribution in [0.1, 0.15) is 17.5 Å². The highest BCUT2D eigenvalue weighted by atomic mass is 35.5. The van der Waals surface area contributed by atoms with Crippen LogP contribution in [0.4, 0.5) is 5.13 Å². The number of thioether (sulfide) groups is 1. The molecule has 4 nitrogen and oxygen atoms in total. The molecule has 0 aliphatic rings. The molecule has 0 spiro atoms. The Morgan fingerprint density at radius 2 is 1.85 bits per heavy atom. The molecule has 0 saturated carbocycles. The molecule has 3 aromatic rings. The number of aryl methyl sites for hydroxylation is 1. The van der Waals surface area contributed by atoms with E-state index in [0.29, 0.717) is 33.8 Å². The molecule has 0 bridgehead atoms. The van der Waals surface area contributed by atoms with Crippen LogP contribution in [0.15, 0.2) is 52.9 Å². The lowest BCUT2D eigenvalue weighted by Crippen LogP contribution is -2.12. The summed E-state index contributed by atoms with van der Waals surface area (Å²) in [6.45, 7) is 0. The van der Waals surface area contributed by atoms with Crippen molar-refractivity contribution in [2.24, 2.45) is 0 Å². The summed E-state index contributed by atoms with van der Waals surface area (Å²) >= 11 is 14.8. The summed E-state index contributed by atoms with van der Waals surface area (Å²) < 4.78 is 0.787. The van der Waals surface area contributed by atoms with Gasteiger partial charge in [0.15, 0.2) is 4.34 Å². The van der Waals surface area contributed by atoms with Crippen molar-refractivity contribution in [3.63, 3.8) is 0 Å². The van der Waals surface area contributed by atoms with E-state index in [1.165, 1.54) is 23.1 Å². The Balaban J connectivity index is 1.48. The number of halogens is 2. The van der Waals surface area contributed by atoms with Gasteiger partial charge in [-0.05, 0) is 29.7 Å². The number of benzene rings is 2. The number of amides is 1. The van der Waals surface area contributed by atoms with Crippen LogP contribution in [-0.4, -0.2) is 16.1 Å². The third kappa shape index (κ3) is 5.71. The number of nitrogens with zero attached hydrogens (tertiary/aromatic N) is 2. The predicted molar refractivity (Wildman–Crippen MR) is 109 cm³/mol. The highest BCUT2D eigenvalue weighted by Crippen LogP contribution is 2.30. The second-order valence-electron chi connectivity index (χ2n) is 5.44. The SMILES string of the molecule is O=C(CCc1ccccc1)Nc1nnc(SCc2ccc(Cl)c(Cl)c2)s1. The molecular weight excluding hydrogens is 409 g/mol. The zero-order chi connectivity index (χ0) is 18.4. The second kappa shape index (κ2) is 9.37. The Kier molecular flexibility index (Phi) is 6.91. The van der Waals surface area contributed by atoms with Crippen LogP contribution in [0.5, 0.6) is 0 Å². The summed E-state index contributed by atoms with van der Waals surface area (Å²) in [6, 6.07) is 15.5. The average molecular weight is 424 g/mol. The van der Waals surface area contributed by atoms with Gasteiger partial charge in [-0.1, -0.05) is 82.7 Å². The minimum Gasteiger partial charge on any atom is -0.300 e. The Morgan fingerprint density at radius 1 is 1.04 bits per heavy atom. The van der Waals surface area contributed by atoms with E-state index in [1.54, 1.807) is 6.07 Å². The van der Waals surface area contributed by atoms with Gasteiger partial charge in [-0.2, -0.15) is 0 Å². The molecule has 1 amide bonds. The lowest BCUT2D eigenvalue weighted by atomic mass is 10.1. The van der Waals surface area contributed by atoms with Crippen molar-refractivity contribution in [1.82, 2.24) is 10.2 Å². The van der Waals surface area contributed by atoms with Crippen molar-refractivity contribution in [2.45, 2.75) is 22.9 Å². The van der Waals surface area contributed by atoms with Crippen molar-refractivity contribution >= 4 is 57.3 Å². The van der Waals surface area contributed by atoms with Crippen LogP contribution < -0.4 is 5.32 Å². The van der Waals surface area contributed by atoms with Crippen LogP contribution in [0.25, 0.3) is 0 Å². The molecule has 0 saturated heterocycles. The molecule has 0 fully saturated rings. The number of anilines is 1. The molecule has 3 rings (SSSR count). The number of carbonyl (C=O) groups is 1. The first kappa shape index (κ1) is 19.2. The largest absolute Gasteiger partial charge is 0.300 e. The maximum atomic E-state index is 12.0. The molecule has 1 heterocycles. The molecule has 134 valence electrons. The number of nitrogens with one attached hydrogen (secondary N) is 1. The molecule has 0 unspecified atom stereocenters. The first-order valence-corrected chi connectivity index (χ1v) is 10.4. The van der Waals surface area contributed by atoms with Crippen molar-refractivity contribution in [2.75, 3.05) is 5.32 Å². The van der Waals surface area contributed by atoms with Gasteiger partial charge in [0.05, 0.1) is 10.0 Å². The fourth-order valence-corrected chi connectivity index (χ4v) is 4.21. The molecule has 1 aromatic heterocycles. The standard InChI is InChI=1S/C18H15Cl2N3OS2/c19-14-8-6-13(10-15(14)20)11-25-18-23-22-17(26-18)21-16(24)9-7-12-4-2-1-3-5-12/h1-6,8,10H,7,9,11H2,(H,21,22,24). The summed E-state index contributed by atoms with van der Waals surface area (Å²) in [7, 11) is 0. The Hall–Kier alpha value is -1.60. The maximum absolute atomic E-state index is 12.0. The van der Waals surface area contributed by atoms with Gasteiger partial charge in [0, 0.05) is 12.2 Å². The van der Waals surface area contributed by atoms with Crippen LogP contribution >= 0.6 is 46.3 Å². The van der Waals surface area contributed by atoms with Crippen molar-refractivity contribution in [3.8, 4) is 0 Å². The molecule has 8 heteroatoms. The van der Waals surface area contributed by atoms with Crippen LogP contribution in [0.2, 0.25) is 10.0 Å². The normalized spacial score (nSPS) is 10.7. The zero-order valence-electron chi connectivity index (χ0n) is 13.6. The maximum Gasteiger partial charge on any atom is 0.226 e. The number of carbonyl (C=O) groups excluding carboxylic acids is 1. The van der Waals surface area contributed by atoms with Gasteiger partial charge in [0.2, 0.25) is 11.0 Å². The van der Waals surface area contributed by atoms with E-state index in [2.05, 4.69) is 15.5 Å². The molecule has 2 aromatic carbocycles. The van der Waals surface area contributed by atoms with Gasteiger partial charge in [0.25, 0.3) is 0 Å². The minimum atomic E-state index is -0.0639. The Labute approximate surface area is 169 Å². The molecule has 0 aliphatic heterocycles. The van der Waals surface area contributed by atoms with Crippen LogP contribution in [-0.2, 0) is 17.0 Å². The molecule has 0 aliphatic carbocycles. The average Bonchev–Trinajstić information content (AvgIpc) is 3.09. The van der Waals surface area contributed by atoms with E-state index in [9.17, 15) is 4.79 Å². The van der Waals surface area contributed by atoms with E-state index in [1.807, 2.05) is 42.5 Å². The number of hydrogen-bond acceptors (Lipinski definition) is 5. The van der Waals surface area contributed by atoms with Gasteiger partial charge in [0.1, 0.15) is 0 Å². The number of hydrogen-bond donors (Lipinski definition) is 1. The van der Waals surface area contributed by atoms with E-state index >= 15 is 0 Å². The highest BCUT2D eigenvalue weighted by Gasteiger charge is 2.09. The van der Waals surface area contributed by atoms with Gasteiger partial charge >= 0.3 is 0 Å². The van der Waals surface area contributed by atoms with Gasteiger partial charge in [-0.25, -0.2) is 0 Å². The van der Waals surface area contributed by atoms with Crippen molar-refractivity contribution < 1.29 is 4.79 Å². The quantitative estimate of drug-likeness (QED) is 0.390. The van der Waals surface area contributed by atoms with E-state index in [0.717, 1.165) is 15.5 Å². The highest BCUT2D eigenvalue weighted by molar-refractivity contribution is 8.00. The third-order valence-electron chi connectivity index (χ3n) is 3.48. The van der Waals surface area contributed by atoms with Gasteiger partial charge < -0.3 is 5.32 Å². The summed E-state index contributed by atoms with van der Waals surface area (Å²) in [5.41, 5.74) is 2.19. The fourth-order valence-electron chi connectivity index (χ4n) is 2.18. The lowest BCUT2D eigenvalue weighted by Gasteiger charge is -2.02. The number of rotatable bonds is 7. The van der Waals surface area contributed by atoms with Crippen molar-refractivity contribution in [1.29, 1.82) is 0 Å². The summed E-state index contributed by atoms with van der Waals surface area (Å²) in [6.07, 6.45) is 1.11. The molecular formula is C18H15Cl2N3OS2. The zero-order valence-corrected chi connectivity index (χ0v) is 16.8. The van der Waals surface area contributed by atoms with Gasteiger partial charge in [-0.15, -0.1) is 10.2 Å². The molecule has 0 radical (unpaired) electrons. The Bertz CT molecular complexity index is 887. The van der Waals surface area contributed by atoms with E-state index in [4.69, 9.17) is 23.2 Å². The van der Waals surface area contributed by atoms with Crippen LogP contribution in [0.3, 0.4) is 0 Å². The van der Waals surface area contributed by atoms with E-state index < -0.39 is 0 Å². The first-order chi connectivity index (χ1) is 12.6. The monoisotopic (exact) mass is 423 g/mol. The molecule has 26 heavy (non-hydrogen) atoms. The van der Waals surface area contributed by atoms with Crippen molar-refractivity contribution in [3.05, 3.63) is 69.7 Å². The Morgan fingerprint density at radius 3 is 2.62 bits per heavy atom. The lowest BCUT2D eigenvalue weighted by molar-refractivity contribution is -0.116.